The molecule has 19 heavy (non-hydrogen) atoms. The Kier molecular flexibility index (Phi) is 3.74. The number of hydrogen-bond donors (Lipinski definition) is 4. The summed E-state index contributed by atoms with van der Waals surface area (Å²) in [5.74, 6) is 4.27. The molecular weight excluding hydrogens is 250 g/mol. The Balaban J connectivity index is 2.40. The number of nitrogens with one attached hydrogen (secondary N) is 3. The standard InChI is InChI=1S/C11H15N5O3/c1-6-9(11(17)13-12)10(15-14-6)7-4-2-3-5-8(7)16(18)19/h2-6,9-10,14-15H,12H2,1H3,(H,13,17). The van der Waals surface area contributed by atoms with E-state index in [1.807, 2.05) is 6.92 Å². The number of nitrogens with zero attached hydrogens (tertiary/aromatic N) is 1. The summed E-state index contributed by atoms with van der Waals surface area (Å²) < 4.78 is 0. The fraction of sp³-hybridized carbons (Fsp3) is 0.364. The summed E-state index contributed by atoms with van der Waals surface area (Å²) in [5.41, 5.74) is 8.35. The van der Waals surface area contributed by atoms with Crippen molar-refractivity contribution in [1.82, 2.24) is 16.3 Å². The summed E-state index contributed by atoms with van der Waals surface area (Å²) in [6.45, 7) is 1.81. The molecule has 1 saturated heterocycles. The Morgan fingerprint density at radius 2 is 2.11 bits per heavy atom. The van der Waals surface area contributed by atoms with Gasteiger partial charge in [0.15, 0.2) is 0 Å². The number of nitro benzene ring substituents is 1. The van der Waals surface area contributed by atoms with Crippen molar-refractivity contribution in [3.05, 3.63) is 39.9 Å². The lowest BCUT2D eigenvalue weighted by atomic mass is 9.89. The van der Waals surface area contributed by atoms with Crippen molar-refractivity contribution in [3.8, 4) is 0 Å². The molecule has 0 spiro atoms. The average molecular weight is 265 g/mol. The van der Waals surface area contributed by atoms with Crippen LogP contribution in [-0.2, 0) is 4.79 Å². The van der Waals surface area contributed by atoms with Gasteiger partial charge < -0.3 is 0 Å². The van der Waals surface area contributed by atoms with Crippen LogP contribution >= 0.6 is 0 Å². The van der Waals surface area contributed by atoms with E-state index in [0.29, 0.717) is 5.56 Å². The van der Waals surface area contributed by atoms with Gasteiger partial charge in [-0.05, 0) is 6.92 Å². The highest BCUT2D eigenvalue weighted by Gasteiger charge is 2.41. The quantitative estimate of drug-likeness (QED) is 0.258. The first-order valence-corrected chi connectivity index (χ1v) is 5.81. The van der Waals surface area contributed by atoms with Crippen LogP contribution in [0.2, 0.25) is 0 Å². The number of hydrogen-bond acceptors (Lipinski definition) is 6. The third-order valence-corrected chi connectivity index (χ3v) is 3.28. The van der Waals surface area contributed by atoms with Crippen LogP contribution in [0.25, 0.3) is 0 Å². The van der Waals surface area contributed by atoms with E-state index in [9.17, 15) is 14.9 Å². The number of carbonyl (C=O) groups excluding carboxylic acids is 1. The zero-order valence-corrected chi connectivity index (χ0v) is 10.3. The molecule has 0 bridgehead atoms. The van der Waals surface area contributed by atoms with Crippen LogP contribution in [0, 0.1) is 16.0 Å². The van der Waals surface area contributed by atoms with Crippen molar-refractivity contribution in [3.63, 3.8) is 0 Å². The maximum atomic E-state index is 11.8. The molecule has 0 saturated carbocycles. The van der Waals surface area contributed by atoms with Crippen molar-refractivity contribution in [1.29, 1.82) is 0 Å². The second-order valence-corrected chi connectivity index (χ2v) is 4.41. The lowest BCUT2D eigenvalue weighted by Gasteiger charge is -2.19. The van der Waals surface area contributed by atoms with Crippen LogP contribution in [0.3, 0.4) is 0 Å². The van der Waals surface area contributed by atoms with E-state index < -0.39 is 16.9 Å². The predicted octanol–water partition coefficient (Wildman–Crippen LogP) is -0.262. The molecule has 0 radical (unpaired) electrons. The largest absolute Gasteiger partial charge is 0.294 e. The lowest BCUT2D eigenvalue weighted by Crippen LogP contribution is -2.41. The van der Waals surface area contributed by atoms with Gasteiger partial charge in [0, 0.05) is 17.7 Å². The SMILES string of the molecule is CC1NNC(c2ccccc2[N+](=O)[O-])C1C(=O)NN. The third kappa shape index (κ3) is 2.41. The van der Waals surface area contributed by atoms with Crippen molar-refractivity contribution in [2.45, 2.75) is 19.0 Å². The van der Waals surface area contributed by atoms with E-state index in [1.165, 1.54) is 6.07 Å². The van der Waals surface area contributed by atoms with E-state index in [-0.39, 0.29) is 17.6 Å². The van der Waals surface area contributed by atoms with Gasteiger partial charge in [-0.2, -0.15) is 0 Å². The van der Waals surface area contributed by atoms with Gasteiger partial charge >= 0.3 is 0 Å². The Hall–Kier alpha value is -2.03. The Morgan fingerprint density at radius 1 is 1.42 bits per heavy atom. The number of para-hydroxylation sites is 1. The molecule has 1 heterocycles. The minimum Gasteiger partial charge on any atom is -0.294 e. The van der Waals surface area contributed by atoms with E-state index >= 15 is 0 Å². The predicted molar refractivity (Wildman–Crippen MR) is 67.4 cm³/mol. The van der Waals surface area contributed by atoms with Crippen LogP contribution < -0.4 is 22.1 Å². The highest BCUT2D eigenvalue weighted by Crippen LogP contribution is 2.34. The minimum atomic E-state index is -0.522. The van der Waals surface area contributed by atoms with Gasteiger partial charge in [0.25, 0.3) is 5.69 Å². The first kappa shape index (κ1) is 13.4. The molecule has 5 N–H and O–H groups in total. The normalized spacial score (nSPS) is 26.1. The Bertz CT molecular complexity index is 507. The summed E-state index contributed by atoms with van der Waals surface area (Å²) in [6, 6.07) is 5.65. The summed E-state index contributed by atoms with van der Waals surface area (Å²) in [7, 11) is 0. The first-order chi connectivity index (χ1) is 9.06. The molecule has 1 aliphatic heterocycles. The zero-order valence-electron chi connectivity index (χ0n) is 10.3. The highest BCUT2D eigenvalue weighted by atomic mass is 16.6. The Morgan fingerprint density at radius 3 is 2.74 bits per heavy atom. The van der Waals surface area contributed by atoms with Gasteiger partial charge in [0.05, 0.1) is 16.9 Å². The van der Waals surface area contributed by atoms with Crippen molar-refractivity contribution in [2.24, 2.45) is 11.8 Å². The van der Waals surface area contributed by atoms with Gasteiger partial charge in [-0.25, -0.2) is 11.3 Å². The number of amides is 1. The molecule has 3 atom stereocenters. The molecule has 8 heteroatoms. The number of benzene rings is 1. The van der Waals surface area contributed by atoms with Crippen LogP contribution in [0.15, 0.2) is 24.3 Å². The van der Waals surface area contributed by atoms with Crippen LogP contribution in [0.5, 0.6) is 0 Å². The van der Waals surface area contributed by atoms with Crippen LogP contribution in [0.1, 0.15) is 18.5 Å². The molecule has 0 aliphatic carbocycles. The van der Waals surface area contributed by atoms with Crippen molar-refractivity contribution >= 4 is 11.6 Å². The van der Waals surface area contributed by atoms with Crippen molar-refractivity contribution < 1.29 is 9.72 Å². The fourth-order valence-electron chi connectivity index (χ4n) is 2.35. The zero-order chi connectivity index (χ0) is 14.0. The van der Waals surface area contributed by atoms with Crippen LogP contribution in [-0.4, -0.2) is 16.9 Å². The van der Waals surface area contributed by atoms with Gasteiger partial charge in [0.1, 0.15) is 0 Å². The van der Waals surface area contributed by atoms with E-state index in [4.69, 9.17) is 5.84 Å². The maximum Gasteiger partial charge on any atom is 0.274 e. The van der Waals surface area contributed by atoms with Crippen LogP contribution in [0.4, 0.5) is 5.69 Å². The number of nitro groups is 1. The topological polar surface area (TPSA) is 122 Å². The summed E-state index contributed by atoms with van der Waals surface area (Å²) in [6.07, 6.45) is 0. The fourth-order valence-corrected chi connectivity index (χ4v) is 2.35. The lowest BCUT2D eigenvalue weighted by molar-refractivity contribution is -0.385. The van der Waals surface area contributed by atoms with Crippen molar-refractivity contribution in [2.75, 3.05) is 0 Å². The second-order valence-electron chi connectivity index (χ2n) is 4.41. The molecule has 102 valence electrons. The van der Waals surface area contributed by atoms with Gasteiger partial charge in [-0.1, -0.05) is 18.2 Å². The molecule has 2 rings (SSSR count). The monoisotopic (exact) mass is 265 g/mol. The van der Waals surface area contributed by atoms with E-state index in [1.54, 1.807) is 18.2 Å². The third-order valence-electron chi connectivity index (χ3n) is 3.28. The maximum absolute atomic E-state index is 11.8. The van der Waals surface area contributed by atoms with E-state index in [0.717, 1.165) is 0 Å². The number of hydrazine groups is 2. The summed E-state index contributed by atoms with van der Waals surface area (Å²) in [5, 5.41) is 11.0. The number of carbonyl (C=O) groups is 1. The molecular formula is C11H15N5O3. The Labute approximate surface area is 109 Å². The van der Waals surface area contributed by atoms with Gasteiger partial charge in [-0.3, -0.25) is 25.8 Å². The van der Waals surface area contributed by atoms with Gasteiger partial charge in [-0.15, -0.1) is 0 Å². The molecule has 3 unspecified atom stereocenters. The second kappa shape index (κ2) is 5.31. The minimum absolute atomic E-state index is 0.0225. The number of rotatable bonds is 3. The molecule has 0 aromatic heterocycles. The summed E-state index contributed by atoms with van der Waals surface area (Å²) in [4.78, 5) is 22.4. The highest BCUT2D eigenvalue weighted by molar-refractivity contribution is 5.80. The number of nitrogens with two attached hydrogens (primary N) is 1. The smallest absolute Gasteiger partial charge is 0.274 e. The molecule has 8 nitrogen and oxygen atoms in total. The molecule has 1 aromatic rings. The van der Waals surface area contributed by atoms with Gasteiger partial charge in [0.2, 0.25) is 5.91 Å². The molecule has 1 amide bonds. The first-order valence-electron chi connectivity index (χ1n) is 5.81. The summed E-state index contributed by atoms with van der Waals surface area (Å²) >= 11 is 0. The molecule has 1 aromatic carbocycles. The molecule has 1 fully saturated rings. The molecule has 1 aliphatic rings. The van der Waals surface area contributed by atoms with E-state index in [2.05, 4.69) is 16.3 Å². The average Bonchev–Trinajstić information content (AvgIpc) is 2.79.